The van der Waals surface area contributed by atoms with E-state index in [9.17, 15) is 9.59 Å². The normalized spacial score (nSPS) is 20.8. The van der Waals surface area contributed by atoms with Gasteiger partial charge in [0.2, 0.25) is 11.8 Å². The third-order valence-electron chi connectivity index (χ3n) is 4.35. The lowest BCUT2D eigenvalue weighted by atomic mass is 9.97. The van der Waals surface area contributed by atoms with Gasteiger partial charge in [-0.3, -0.25) is 9.59 Å². The summed E-state index contributed by atoms with van der Waals surface area (Å²) in [5.41, 5.74) is 6.03. The average molecular weight is 297 g/mol. The predicted octanol–water partition coefficient (Wildman–Crippen LogP) is 1.61. The van der Waals surface area contributed by atoms with Crippen molar-refractivity contribution in [3.05, 3.63) is 0 Å². The van der Waals surface area contributed by atoms with E-state index in [4.69, 9.17) is 5.73 Å². The van der Waals surface area contributed by atoms with Crippen LogP contribution in [-0.2, 0) is 9.59 Å². The van der Waals surface area contributed by atoms with Gasteiger partial charge >= 0.3 is 0 Å². The van der Waals surface area contributed by atoms with Gasteiger partial charge in [0, 0.05) is 32.1 Å². The first-order chi connectivity index (χ1) is 9.75. The quantitative estimate of drug-likeness (QED) is 0.838. The van der Waals surface area contributed by atoms with Gasteiger partial charge in [-0.1, -0.05) is 13.8 Å². The molecule has 1 aliphatic rings. The number of amides is 2. The van der Waals surface area contributed by atoms with E-state index in [0.29, 0.717) is 6.54 Å². The van der Waals surface area contributed by atoms with E-state index in [2.05, 4.69) is 0 Å². The number of rotatable bonds is 5. The third-order valence-corrected chi connectivity index (χ3v) is 4.35. The van der Waals surface area contributed by atoms with Crippen molar-refractivity contribution in [3.8, 4) is 0 Å². The van der Waals surface area contributed by atoms with Crippen molar-refractivity contribution in [2.75, 3.05) is 13.1 Å². The van der Waals surface area contributed by atoms with E-state index in [0.717, 1.165) is 25.8 Å². The highest BCUT2D eigenvalue weighted by atomic mass is 16.2. The highest BCUT2D eigenvalue weighted by Gasteiger charge is 2.32. The minimum Gasteiger partial charge on any atom is -0.338 e. The van der Waals surface area contributed by atoms with Gasteiger partial charge < -0.3 is 15.5 Å². The van der Waals surface area contributed by atoms with Crippen molar-refractivity contribution in [1.29, 1.82) is 0 Å². The van der Waals surface area contributed by atoms with Crippen LogP contribution >= 0.6 is 0 Å². The van der Waals surface area contributed by atoms with Gasteiger partial charge in [0.25, 0.3) is 0 Å². The number of hydrogen-bond donors (Lipinski definition) is 1. The van der Waals surface area contributed by atoms with E-state index in [-0.39, 0.29) is 29.8 Å². The van der Waals surface area contributed by atoms with Crippen LogP contribution in [0.3, 0.4) is 0 Å². The molecule has 0 spiro atoms. The Labute approximate surface area is 128 Å². The second-order valence-electron chi connectivity index (χ2n) is 6.72. The molecule has 1 unspecified atom stereocenters. The zero-order valence-corrected chi connectivity index (χ0v) is 14.1. The summed E-state index contributed by atoms with van der Waals surface area (Å²) in [6.45, 7) is 10.9. The van der Waals surface area contributed by atoms with Gasteiger partial charge in [0.15, 0.2) is 0 Å². The Morgan fingerprint density at radius 1 is 1.24 bits per heavy atom. The molecule has 0 aromatic carbocycles. The third kappa shape index (κ3) is 4.70. The maximum Gasteiger partial charge on any atom is 0.240 e. The lowest BCUT2D eigenvalue weighted by molar-refractivity contribution is -0.141. The molecule has 1 heterocycles. The predicted molar refractivity (Wildman–Crippen MR) is 84.7 cm³/mol. The summed E-state index contributed by atoms with van der Waals surface area (Å²) in [6.07, 6.45) is 3.08. The first kappa shape index (κ1) is 18.0. The van der Waals surface area contributed by atoms with Crippen LogP contribution in [0.4, 0.5) is 0 Å². The molecule has 21 heavy (non-hydrogen) atoms. The molecule has 0 bridgehead atoms. The maximum absolute atomic E-state index is 12.6. The molecule has 2 amide bonds. The number of hydrogen-bond acceptors (Lipinski definition) is 3. The first-order valence-corrected chi connectivity index (χ1v) is 8.09. The number of nitrogens with zero attached hydrogens (tertiary/aromatic N) is 2. The first-order valence-electron chi connectivity index (χ1n) is 8.09. The molecule has 1 rings (SSSR count). The summed E-state index contributed by atoms with van der Waals surface area (Å²) in [4.78, 5) is 28.1. The van der Waals surface area contributed by atoms with Gasteiger partial charge in [-0.25, -0.2) is 0 Å². The second-order valence-corrected chi connectivity index (χ2v) is 6.72. The summed E-state index contributed by atoms with van der Waals surface area (Å²) < 4.78 is 0. The minimum absolute atomic E-state index is 0.0296. The highest BCUT2D eigenvalue weighted by Crippen LogP contribution is 2.21. The van der Waals surface area contributed by atoms with Gasteiger partial charge in [-0.2, -0.15) is 0 Å². The van der Waals surface area contributed by atoms with Gasteiger partial charge in [0.1, 0.15) is 0 Å². The Bertz CT molecular complexity index is 369. The molecule has 1 aliphatic heterocycles. The van der Waals surface area contributed by atoms with Crippen LogP contribution in [0.15, 0.2) is 0 Å². The fourth-order valence-electron chi connectivity index (χ4n) is 2.89. The smallest absolute Gasteiger partial charge is 0.240 e. The van der Waals surface area contributed by atoms with Gasteiger partial charge in [-0.05, 0) is 39.0 Å². The second kappa shape index (κ2) is 7.78. The number of likely N-dealkylation sites (tertiary alicyclic amines) is 1. The van der Waals surface area contributed by atoms with Crippen LogP contribution in [0, 0.1) is 5.92 Å². The van der Waals surface area contributed by atoms with Crippen LogP contribution in [0.5, 0.6) is 0 Å². The molecule has 0 aromatic heterocycles. The average Bonchev–Trinajstić information content (AvgIpc) is 2.42. The van der Waals surface area contributed by atoms with Crippen molar-refractivity contribution in [1.82, 2.24) is 9.80 Å². The molecule has 0 aromatic rings. The molecule has 2 N–H and O–H groups in total. The SMILES string of the molecule is CC(=O)N(CC1CCCCN1C(=O)[C@@H](N)C(C)C)C(C)C. The van der Waals surface area contributed by atoms with Crippen molar-refractivity contribution in [2.24, 2.45) is 11.7 Å². The van der Waals surface area contributed by atoms with Crippen molar-refractivity contribution in [2.45, 2.75) is 72.0 Å². The van der Waals surface area contributed by atoms with Crippen LogP contribution in [0.1, 0.15) is 53.9 Å². The summed E-state index contributed by atoms with van der Waals surface area (Å²) in [6, 6.07) is -0.196. The number of nitrogens with two attached hydrogens (primary N) is 1. The Kier molecular flexibility index (Phi) is 6.65. The van der Waals surface area contributed by atoms with E-state index in [1.165, 1.54) is 0 Å². The Morgan fingerprint density at radius 2 is 1.86 bits per heavy atom. The molecule has 122 valence electrons. The molecule has 1 saturated heterocycles. The summed E-state index contributed by atoms with van der Waals surface area (Å²) in [5, 5.41) is 0. The van der Waals surface area contributed by atoms with Crippen LogP contribution in [0.25, 0.3) is 0 Å². The van der Waals surface area contributed by atoms with Crippen molar-refractivity contribution < 1.29 is 9.59 Å². The highest BCUT2D eigenvalue weighted by molar-refractivity contribution is 5.82. The van der Waals surface area contributed by atoms with Crippen LogP contribution in [-0.4, -0.2) is 52.8 Å². The van der Waals surface area contributed by atoms with E-state index in [1.807, 2.05) is 37.5 Å². The topological polar surface area (TPSA) is 66.6 Å². The molecule has 1 fully saturated rings. The molecule has 2 atom stereocenters. The zero-order valence-electron chi connectivity index (χ0n) is 14.1. The van der Waals surface area contributed by atoms with Crippen LogP contribution < -0.4 is 5.73 Å². The van der Waals surface area contributed by atoms with E-state index >= 15 is 0 Å². The fourth-order valence-corrected chi connectivity index (χ4v) is 2.89. The lowest BCUT2D eigenvalue weighted by Gasteiger charge is -2.41. The fraction of sp³-hybridized carbons (Fsp3) is 0.875. The number of carbonyl (C=O) groups is 2. The standard InChI is InChI=1S/C16H31N3O2/c1-11(2)15(17)16(21)18-9-7-6-8-14(18)10-19(12(3)4)13(5)20/h11-12,14-15H,6-10,17H2,1-5H3/t14?,15-/m0/s1. The lowest BCUT2D eigenvalue weighted by Crippen LogP contribution is -2.56. The zero-order chi connectivity index (χ0) is 16.2. The van der Waals surface area contributed by atoms with E-state index < -0.39 is 6.04 Å². The maximum atomic E-state index is 12.6. The molecular formula is C16H31N3O2. The molecule has 0 saturated carbocycles. The molecular weight excluding hydrogens is 266 g/mol. The summed E-state index contributed by atoms with van der Waals surface area (Å²) in [5.74, 6) is 0.229. The number of carbonyl (C=O) groups excluding carboxylic acids is 2. The Balaban J connectivity index is 2.82. The van der Waals surface area contributed by atoms with Gasteiger partial charge in [-0.15, -0.1) is 0 Å². The Morgan fingerprint density at radius 3 is 2.33 bits per heavy atom. The van der Waals surface area contributed by atoms with Crippen LogP contribution in [0.2, 0.25) is 0 Å². The monoisotopic (exact) mass is 297 g/mol. The molecule has 0 radical (unpaired) electrons. The number of piperidine rings is 1. The molecule has 0 aliphatic carbocycles. The van der Waals surface area contributed by atoms with Crippen molar-refractivity contribution >= 4 is 11.8 Å². The largest absolute Gasteiger partial charge is 0.338 e. The minimum atomic E-state index is -0.449. The molecule has 5 heteroatoms. The van der Waals surface area contributed by atoms with Crippen molar-refractivity contribution in [3.63, 3.8) is 0 Å². The summed E-state index contributed by atoms with van der Waals surface area (Å²) >= 11 is 0. The Hall–Kier alpha value is -1.10. The van der Waals surface area contributed by atoms with Gasteiger partial charge in [0.05, 0.1) is 6.04 Å². The summed E-state index contributed by atoms with van der Waals surface area (Å²) in [7, 11) is 0. The molecule has 5 nitrogen and oxygen atoms in total. The van der Waals surface area contributed by atoms with E-state index in [1.54, 1.807) is 6.92 Å².